The van der Waals surface area contributed by atoms with E-state index in [9.17, 15) is 9.59 Å². The molecule has 5 heteroatoms. The Morgan fingerprint density at radius 2 is 1.85 bits per heavy atom. The molecule has 1 N–H and O–H groups in total. The number of likely N-dealkylation sites (tertiary alicyclic amines) is 2. The van der Waals surface area contributed by atoms with E-state index in [1.807, 2.05) is 36.1 Å². The maximum absolute atomic E-state index is 12.5. The fourth-order valence-electron chi connectivity index (χ4n) is 4.03. The first-order valence-electron chi connectivity index (χ1n) is 9.89. The average Bonchev–Trinajstić information content (AvgIpc) is 2.63. The molecule has 1 atom stereocenters. The highest BCUT2D eigenvalue weighted by Gasteiger charge is 2.26. The van der Waals surface area contributed by atoms with Gasteiger partial charge in [-0.3, -0.25) is 14.5 Å². The number of nitrogens with one attached hydrogen (secondary N) is 1. The summed E-state index contributed by atoms with van der Waals surface area (Å²) in [5, 5.41) is 3.16. The van der Waals surface area contributed by atoms with Gasteiger partial charge < -0.3 is 10.2 Å². The molecule has 0 aromatic heterocycles. The smallest absolute Gasteiger partial charge is 0.251 e. The molecule has 2 aliphatic rings. The van der Waals surface area contributed by atoms with Crippen molar-refractivity contribution < 1.29 is 9.59 Å². The number of carbonyl (C=O) groups excluding carboxylic acids is 2. The summed E-state index contributed by atoms with van der Waals surface area (Å²) >= 11 is 0. The van der Waals surface area contributed by atoms with Crippen LogP contribution in [0.5, 0.6) is 0 Å². The third-order valence-corrected chi connectivity index (χ3v) is 5.68. The Labute approximate surface area is 156 Å². The van der Waals surface area contributed by atoms with Gasteiger partial charge in [0.2, 0.25) is 5.91 Å². The Bertz CT molecular complexity index is 638. The number of piperidine rings is 2. The minimum atomic E-state index is 0.0138. The van der Waals surface area contributed by atoms with Crippen molar-refractivity contribution in [3.63, 3.8) is 0 Å². The van der Waals surface area contributed by atoms with E-state index < -0.39 is 0 Å². The van der Waals surface area contributed by atoms with Gasteiger partial charge in [0.15, 0.2) is 0 Å². The first kappa shape index (κ1) is 18.9. The van der Waals surface area contributed by atoms with E-state index in [2.05, 4.69) is 17.1 Å². The van der Waals surface area contributed by atoms with E-state index in [1.54, 1.807) is 0 Å². The summed E-state index contributed by atoms with van der Waals surface area (Å²) in [7, 11) is 0. The largest absolute Gasteiger partial charge is 0.349 e. The van der Waals surface area contributed by atoms with E-state index in [-0.39, 0.29) is 17.9 Å². The monoisotopic (exact) mass is 357 g/mol. The molecule has 2 amide bonds. The molecule has 5 nitrogen and oxygen atoms in total. The first-order valence-corrected chi connectivity index (χ1v) is 9.89. The molecule has 1 aromatic rings. The Kier molecular flexibility index (Phi) is 6.30. The third kappa shape index (κ3) is 4.85. The SMILES string of the molecule is Cc1ccccc1C(=O)NC1CCN(CC(=O)N2CCC[C@H](C)C2)CC1. The maximum Gasteiger partial charge on any atom is 0.251 e. The molecule has 2 saturated heterocycles. The van der Waals surface area contributed by atoms with Gasteiger partial charge >= 0.3 is 0 Å². The second kappa shape index (κ2) is 8.67. The topological polar surface area (TPSA) is 52.7 Å². The van der Waals surface area contributed by atoms with E-state index in [0.29, 0.717) is 12.5 Å². The maximum atomic E-state index is 12.5. The highest BCUT2D eigenvalue weighted by atomic mass is 16.2. The molecule has 1 aromatic carbocycles. The molecule has 142 valence electrons. The fourth-order valence-corrected chi connectivity index (χ4v) is 4.03. The van der Waals surface area contributed by atoms with Gasteiger partial charge in [0.25, 0.3) is 5.91 Å². The Morgan fingerprint density at radius 3 is 2.54 bits per heavy atom. The van der Waals surface area contributed by atoms with Crippen LogP contribution in [0.15, 0.2) is 24.3 Å². The molecule has 2 aliphatic heterocycles. The van der Waals surface area contributed by atoms with Crippen LogP contribution < -0.4 is 5.32 Å². The summed E-state index contributed by atoms with van der Waals surface area (Å²) in [5.41, 5.74) is 1.76. The second-order valence-corrected chi connectivity index (χ2v) is 7.93. The van der Waals surface area contributed by atoms with Gasteiger partial charge in [-0.15, -0.1) is 0 Å². The molecule has 0 radical (unpaired) electrons. The second-order valence-electron chi connectivity index (χ2n) is 7.93. The lowest BCUT2D eigenvalue weighted by Gasteiger charge is -2.35. The van der Waals surface area contributed by atoms with Crippen LogP contribution in [0, 0.1) is 12.8 Å². The predicted molar refractivity (Wildman–Crippen MR) is 103 cm³/mol. The van der Waals surface area contributed by atoms with E-state index in [4.69, 9.17) is 0 Å². The molecule has 0 saturated carbocycles. The molecular weight excluding hydrogens is 326 g/mol. The van der Waals surface area contributed by atoms with Gasteiger partial charge in [-0.05, 0) is 50.2 Å². The molecule has 0 unspecified atom stereocenters. The quantitative estimate of drug-likeness (QED) is 0.901. The minimum absolute atomic E-state index is 0.0138. The Balaban J connectivity index is 1.43. The van der Waals surface area contributed by atoms with E-state index >= 15 is 0 Å². The first-order chi connectivity index (χ1) is 12.5. The van der Waals surface area contributed by atoms with Crippen molar-refractivity contribution in [3.05, 3.63) is 35.4 Å². The molecule has 2 fully saturated rings. The van der Waals surface area contributed by atoms with Gasteiger partial charge in [0.05, 0.1) is 6.54 Å². The van der Waals surface area contributed by atoms with E-state index in [1.165, 1.54) is 6.42 Å². The molecule has 26 heavy (non-hydrogen) atoms. The third-order valence-electron chi connectivity index (χ3n) is 5.68. The van der Waals surface area contributed by atoms with Gasteiger partial charge in [-0.25, -0.2) is 0 Å². The number of benzene rings is 1. The van der Waals surface area contributed by atoms with E-state index in [0.717, 1.165) is 56.6 Å². The lowest BCUT2D eigenvalue weighted by Crippen LogP contribution is -2.49. The van der Waals surface area contributed by atoms with Gasteiger partial charge in [0, 0.05) is 37.8 Å². The van der Waals surface area contributed by atoms with Crippen molar-refractivity contribution in [3.8, 4) is 0 Å². The number of aryl methyl sites for hydroxylation is 1. The van der Waals surface area contributed by atoms with Crippen LogP contribution in [-0.4, -0.2) is 60.4 Å². The van der Waals surface area contributed by atoms with Crippen molar-refractivity contribution in [1.29, 1.82) is 0 Å². The lowest BCUT2D eigenvalue weighted by molar-refractivity contribution is -0.134. The van der Waals surface area contributed by atoms with Crippen molar-refractivity contribution in [2.45, 2.75) is 45.6 Å². The summed E-state index contributed by atoms with van der Waals surface area (Å²) in [6, 6.07) is 7.88. The summed E-state index contributed by atoms with van der Waals surface area (Å²) in [6.07, 6.45) is 4.16. The number of nitrogens with zero attached hydrogens (tertiary/aromatic N) is 2. The van der Waals surface area contributed by atoms with Crippen molar-refractivity contribution in [1.82, 2.24) is 15.1 Å². The van der Waals surface area contributed by atoms with Crippen molar-refractivity contribution in [2.75, 3.05) is 32.7 Å². The summed E-state index contributed by atoms with van der Waals surface area (Å²) in [4.78, 5) is 29.2. The molecular formula is C21H31N3O2. The standard InChI is InChI=1S/C21H31N3O2/c1-16-6-5-11-24(14-16)20(25)15-23-12-9-18(10-13-23)22-21(26)19-8-4-3-7-17(19)2/h3-4,7-8,16,18H,5-6,9-15H2,1-2H3,(H,22,26)/t16-/m0/s1. The van der Waals surface area contributed by atoms with Gasteiger partial charge in [-0.1, -0.05) is 25.1 Å². The van der Waals surface area contributed by atoms with Crippen LogP contribution in [0.3, 0.4) is 0 Å². The highest BCUT2D eigenvalue weighted by molar-refractivity contribution is 5.95. The minimum Gasteiger partial charge on any atom is -0.349 e. The van der Waals surface area contributed by atoms with Crippen molar-refractivity contribution >= 4 is 11.8 Å². The normalized spacial score (nSPS) is 22.2. The van der Waals surface area contributed by atoms with Crippen LogP contribution in [0.2, 0.25) is 0 Å². The van der Waals surface area contributed by atoms with Crippen molar-refractivity contribution in [2.24, 2.45) is 5.92 Å². The number of hydrogen-bond donors (Lipinski definition) is 1. The zero-order valence-corrected chi connectivity index (χ0v) is 16.0. The van der Waals surface area contributed by atoms with Crippen LogP contribution in [0.25, 0.3) is 0 Å². The summed E-state index contributed by atoms with van der Waals surface area (Å²) in [5.74, 6) is 0.897. The average molecular weight is 357 g/mol. The van der Waals surface area contributed by atoms with Crippen LogP contribution in [0.1, 0.15) is 48.5 Å². The predicted octanol–water partition coefficient (Wildman–Crippen LogP) is 2.45. The Hall–Kier alpha value is -1.88. The highest BCUT2D eigenvalue weighted by Crippen LogP contribution is 2.17. The van der Waals surface area contributed by atoms with Crippen LogP contribution in [-0.2, 0) is 4.79 Å². The van der Waals surface area contributed by atoms with Crippen LogP contribution >= 0.6 is 0 Å². The zero-order chi connectivity index (χ0) is 18.5. The van der Waals surface area contributed by atoms with Gasteiger partial charge in [0.1, 0.15) is 0 Å². The molecule has 0 bridgehead atoms. The zero-order valence-electron chi connectivity index (χ0n) is 16.0. The molecule has 2 heterocycles. The summed E-state index contributed by atoms with van der Waals surface area (Å²) < 4.78 is 0. The van der Waals surface area contributed by atoms with Gasteiger partial charge in [-0.2, -0.15) is 0 Å². The number of hydrogen-bond acceptors (Lipinski definition) is 3. The number of amides is 2. The van der Waals surface area contributed by atoms with Crippen LogP contribution in [0.4, 0.5) is 0 Å². The molecule has 3 rings (SSSR count). The Morgan fingerprint density at radius 1 is 1.12 bits per heavy atom. The lowest BCUT2D eigenvalue weighted by atomic mass is 10.00. The fraction of sp³-hybridized carbons (Fsp3) is 0.619. The number of rotatable bonds is 4. The molecule has 0 aliphatic carbocycles. The summed E-state index contributed by atoms with van der Waals surface area (Å²) in [6.45, 7) is 8.26. The number of carbonyl (C=O) groups is 2. The molecule has 0 spiro atoms.